The second kappa shape index (κ2) is 4.56. The topological polar surface area (TPSA) is 38.9 Å². The molecule has 0 radical (unpaired) electrons. The smallest absolute Gasteiger partial charge is 0.114 e. The summed E-state index contributed by atoms with van der Waals surface area (Å²) in [7, 11) is 0. The Morgan fingerprint density at radius 1 is 1.47 bits per heavy atom. The highest BCUT2D eigenvalue weighted by atomic mass is 32.2. The van der Waals surface area contributed by atoms with Crippen molar-refractivity contribution in [1.29, 1.82) is 0 Å². The van der Waals surface area contributed by atoms with Gasteiger partial charge in [-0.15, -0.1) is 11.3 Å². The SMILES string of the molecule is CC1SCCCC1(N)c1nc(C(C)(C)C)cs1. The summed E-state index contributed by atoms with van der Waals surface area (Å²) < 4.78 is 0. The Hall–Kier alpha value is -0.0600. The van der Waals surface area contributed by atoms with Crippen LogP contribution >= 0.6 is 23.1 Å². The van der Waals surface area contributed by atoms with Gasteiger partial charge in [0.2, 0.25) is 0 Å². The lowest BCUT2D eigenvalue weighted by Crippen LogP contribution is -2.47. The molecule has 17 heavy (non-hydrogen) atoms. The van der Waals surface area contributed by atoms with Crippen LogP contribution in [0.2, 0.25) is 0 Å². The number of rotatable bonds is 1. The molecular formula is C13H22N2S2. The molecule has 1 aromatic heterocycles. The van der Waals surface area contributed by atoms with Crippen molar-refractivity contribution in [3.8, 4) is 0 Å². The molecule has 0 saturated carbocycles. The Morgan fingerprint density at radius 2 is 2.18 bits per heavy atom. The second-order valence-electron chi connectivity index (χ2n) is 5.94. The zero-order valence-electron chi connectivity index (χ0n) is 11.1. The summed E-state index contributed by atoms with van der Waals surface area (Å²) in [5.74, 6) is 1.23. The van der Waals surface area contributed by atoms with Crippen LogP contribution in [0.15, 0.2) is 5.38 Å². The van der Waals surface area contributed by atoms with Gasteiger partial charge < -0.3 is 5.73 Å². The van der Waals surface area contributed by atoms with Crippen molar-refractivity contribution in [3.63, 3.8) is 0 Å². The van der Waals surface area contributed by atoms with E-state index >= 15 is 0 Å². The van der Waals surface area contributed by atoms with E-state index in [4.69, 9.17) is 10.7 Å². The standard InChI is InChI=1S/C13H22N2S2/c1-9-13(14,6-5-7-16-9)11-15-10(8-17-11)12(2,3)4/h8-9H,5-7,14H2,1-4H3. The number of aromatic nitrogens is 1. The Bertz CT molecular complexity index is 394. The van der Waals surface area contributed by atoms with E-state index in [1.807, 2.05) is 11.8 Å². The van der Waals surface area contributed by atoms with E-state index in [1.165, 1.54) is 17.9 Å². The Labute approximate surface area is 112 Å². The number of hydrogen-bond acceptors (Lipinski definition) is 4. The van der Waals surface area contributed by atoms with Crippen LogP contribution in [0.1, 0.15) is 51.2 Å². The van der Waals surface area contributed by atoms with E-state index in [1.54, 1.807) is 11.3 Å². The molecule has 4 heteroatoms. The minimum Gasteiger partial charge on any atom is -0.319 e. The molecule has 2 N–H and O–H groups in total. The molecule has 2 nitrogen and oxygen atoms in total. The number of hydrogen-bond donors (Lipinski definition) is 1. The van der Waals surface area contributed by atoms with Crippen molar-refractivity contribution in [3.05, 3.63) is 16.1 Å². The molecule has 2 atom stereocenters. The van der Waals surface area contributed by atoms with E-state index in [9.17, 15) is 0 Å². The fourth-order valence-electron chi connectivity index (χ4n) is 2.09. The van der Waals surface area contributed by atoms with Gasteiger partial charge in [0, 0.05) is 16.0 Å². The lowest BCUT2D eigenvalue weighted by molar-refractivity contribution is 0.386. The van der Waals surface area contributed by atoms with Gasteiger partial charge >= 0.3 is 0 Å². The Kier molecular flexibility index (Phi) is 3.59. The average Bonchev–Trinajstić information content (AvgIpc) is 2.71. The molecule has 96 valence electrons. The molecule has 2 heterocycles. The van der Waals surface area contributed by atoms with Crippen LogP contribution < -0.4 is 5.73 Å². The van der Waals surface area contributed by atoms with Crippen molar-refractivity contribution in [2.24, 2.45) is 5.73 Å². The van der Waals surface area contributed by atoms with Crippen LogP contribution in [-0.4, -0.2) is 16.0 Å². The first-order valence-electron chi connectivity index (χ1n) is 6.21. The maximum atomic E-state index is 6.61. The predicted molar refractivity (Wildman–Crippen MR) is 77.8 cm³/mol. The monoisotopic (exact) mass is 270 g/mol. The van der Waals surface area contributed by atoms with Crippen LogP contribution in [0.5, 0.6) is 0 Å². The second-order valence-corrected chi connectivity index (χ2v) is 8.25. The van der Waals surface area contributed by atoms with E-state index in [0.717, 1.165) is 11.4 Å². The molecule has 1 aliphatic rings. The van der Waals surface area contributed by atoms with Gasteiger partial charge in [0.1, 0.15) is 5.01 Å². The number of thiazole rings is 1. The summed E-state index contributed by atoms with van der Waals surface area (Å²) in [4.78, 5) is 4.81. The molecule has 2 rings (SSSR count). The van der Waals surface area contributed by atoms with E-state index < -0.39 is 0 Å². The molecule has 1 fully saturated rings. The van der Waals surface area contributed by atoms with Crippen LogP contribution in [0.4, 0.5) is 0 Å². The van der Waals surface area contributed by atoms with Gasteiger partial charge in [0.15, 0.2) is 0 Å². The quantitative estimate of drug-likeness (QED) is 0.848. The first-order chi connectivity index (χ1) is 7.84. The van der Waals surface area contributed by atoms with E-state index in [-0.39, 0.29) is 11.0 Å². The molecule has 0 amide bonds. The summed E-state index contributed by atoms with van der Waals surface area (Å²) in [6.45, 7) is 8.85. The molecule has 2 unspecified atom stereocenters. The molecule has 1 saturated heterocycles. The third-order valence-corrected chi connectivity index (χ3v) is 5.98. The van der Waals surface area contributed by atoms with E-state index in [2.05, 4.69) is 33.1 Å². The maximum absolute atomic E-state index is 6.61. The fourth-order valence-corrected chi connectivity index (χ4v) is 4.63. The zero-order chi connectivity index (χ0) is 12.7. The lowest BCUT2D eigenvalue weighted by atomic mass is 9.90. The fraction of sp³-hybridized carbons (Fsp3) is 0.769. The van der Waals surface area contributed by atoms with Crippen LogP contribution in [0.3, 0.4) is 0 Å². The minimum absolute atomic E-state index is 0.121. The van der Waals surface area contributed by atoms with Crippen LogP contribution in [0.25, 0.3) is 0 Å². The number of nitrogens with two attached hydrogens (primary N) is 1. The molecule has 1 aliphatic heterocycles. The zero-order valence-corrected chi connectivity index (χ0v) is 12.8. The van der Waals surface area contributed by atoms with Gasteiger partial charge in [-0.05, 0) is 18.6 Å². The summed E-state index contributed by atoms with van der Waals surface area (Å²) >= 11 is 3.71. The van der Waals surface area contributed by atoms with E-state index in [0.29, 0.717) is 5.25 Å². The molecule has 0 bridgehead atoms. The molecule has 1 aromatic rings. The van der Waals surface area contributed by atoms with Gasteiger partial charge in [-0.2, -0.15) is 11.8 Å². The molecule has 0 aromatic carbocycles. The first-order valence-corrected chi connectivity index (χ1v) is 8.14. The van der Waals surface area contributed by atoms with Gasteiger partial charge in [-0.1, -0.05) is 27.7 Å². The third kappa shape index (κ3) is 2.54. The minimum atomic E-state index is -0.211. The summed E-state index contributed by atoms with van der Waals surface area (Å²) in [5.41, 5.74) is 7.69. The maximum Gasteiger partial charge on any atom is 0.114 e. The normalized spacial score (nSPS) is 30.5. The highest BCUT2D eigenvalue weighted by molar-refractivity contribution is 8.00. The molecule has 0 spiro atoms. The largest absolute Gasteiger partial charge is 0.319 e. The molecule has 0 aliphatic carbocycles. The predicted octanol–water partition coefficient (Wildman–Crippen LogP) is 3.51. The van der Waals surface area contributed by atoms with Crippen molar-refractivity contribution in [2.75, 3.05) is 5.75 Å². The average molecular weight is 270 g/mol. The molecular weight excluding hydrogens is 248 g/mol. The van der Waals surface area contributed by atoms with Gasteiger partial charge in [-0.25, -0.2) is 4.98 Å². The highest BCUT2D eigenvalue weighted by Gasteiger charge is 2.39. The number of nitrogens with zero attached hydrogens (tertiary/aromatic N) is 1. The Morgan fingerprint density at radius 3 is 2.71 bits per heavy atom. The third-order valence-electron chi connectivity index (χ3n) is 3.50. The lowest BCUT2D eigenvalue weighted by Gasteiger charge is -2.37. The van der Waals surface area contributed by atoms with Crippen LogP contribution in [-0.2, 0) is 11.0 Å². The highest BCUT2D eigenvalue weighted by Crippen LogP contribution is 2.41. The van der Waals surface area contributed by atoms with Crippen molar-refractivity contribution in [1.82, 2.24) is 4.98 Å². The van der Waals surface area contributed by atoms with Crippen molar-refractivity contribution >= 4 is 23.1 Å². The van der Waals surface area contributed by atoms with Gasteiger partial charge in [-0.3, -0.25) is 0 Å². The first kappa shape index (κ1) is 13.4. The van der Waals surface area contributed by atoms with Gasteiger partial charge in [0.05, 0.1) is 11.2 Å². The van der Waals surface area contributed by atoms with Crippen molar-refractivity contribution < 1.29 is 0 Å². The van der Waals surface area contributed by atoms with Gasteiger partial charge in [0.25, 0.3) is 0 Å². The summed E-state index contributed by atoms with van der Waals surface area (Å²) in [5, 5.41) is 3.77. The van der Waals surface area contributed by atoms with Crippen molar-refractivity contribution in [2.45, 2.75) is 56.7 Å². The van der Waals surface area contributed by atoms with Crippen LogP contribution in [0, 0.1) is 0 Å². The Balaban J connectivity index is 2.30. The summed E-state index contributed by atoms with van der Waals surface area (Å²) in [6.07, 6.45) is 2.27. The number of thioether (sulfide) groups is 1. The summed E-state index contributed by atoms with van der Waals surface area (Å²) in [6, 6.07) is 0.